The van der Waals surface area contributed by atoms with Crippen molar-refractivity contribution in [3.8, 4) is 0 Å². The summed E-state index contributed by atoms with van der Waals surface area (Å²) < 4.78 is 5.07. The van der Waals surface area contributed by atoms with Gasteiger partial charge in [0, 0.05) is 11.7 Å². The molecule has 0 radical (unpaired) electrons. The molecule has 1 aromatic carbocycles. The Morgan fingerprint density at radius 3 is 2.74 bits per heavy atom. The molecular weight excluding hydrogens is 268 g/mol. The number of hydrogen-bond donors (Lipinski definition) is 2. The van der Waals surface area contributed by atoms with Crippen molar-refractivity contribution in [1.29, 1.82) is 0 Å². The molecule has 1 aromatic rings. The maximum Gasteiger partial charge on any atom is 0.340 e. The molecule has 1 unspecified atom stereocenters. The van der Waals surface area contributed by atoms with Gasteiger partial charge in [-0.25, -0.2) is 4.79 Å². The number of nitrogen functional groups attached to an aromatic ring is 1. The zero-order valence-corrected chi connectivity index (χ0v) is 11.2. The van der Waals surface area contributed by atoms with Crippen molar-refractivity contribution in [2.75, 3.05) is 5.73 Å². The Kier molecular flexibility index (Phi) is 3.95. The number of carbonyl (C=O) groups is 2. The number of nitrogens with one attached hydrogen (secondary N) is 1. The first-order valence-corrected chi connectivity index (χ1v) is 6.41. The third kappa shape index (κ3) is 3.61. The lowest BCUT2D eigenvalue weighted by molar-refractivity contribution is -0.129. The molecule has 19 heavy (non-hydrogen) atoms. The van der Waals surface area contributed by atoms with Gasteiger partial charge in [0.2, 0.25) is 0 Å². The summed E-state index contributed by atoms with van der Waals surface area (Å²) in [5, 5.41) is 2.97. The molecule has 2 rings (SSSR count). The maximum atomic E-state index is 11.9. The molecule has 1 aliphatic rings. The molecule has 3 N–H and O–H groups in total. The summed E-state index contributed by atoms with van der Waals surface area (Å²) in [4.78, 5) is 23.5. The summed E-state index contributed by atoms with van der Waals surface area (Å²) in [5.74, 6) is -0.925. The second-order valence-corrected chi connectivity index (χ2v) is 4.98. The second kappa shape index (κ2) is 5.48. The number of ether oxygens (including phenoxy) is 1. The summed E-state index contributed by atoms with van der Waals surface area (Å²) in [6.07, 6.45) is 1.12. The van der Waals surface area contributed by atoms with Crippen LogP contribution in [0.5, 0.6) is 0 Å². The minimum Gasteiger partial charge on any atom is -0.449 e. The van der Waals surface area contributed by atoms with Crippen molar-refractivity contribution in [3.05, 3.63) is 28.8 Å². The topological polar surface area (TPSA) is 81.4 Å². The highest BCUT2D eigenvalue weighted by Gasteiger charge is 2.27. The number of esters is 1. The number of anilines is 1. The lowest BCUT2D eigenvalue weighted by atomic mass is 10.2. The van der Waals surface area contributed by atoms with E-state index in [1.165, 1.54) is 19.1 Å². The van der Waals surface area contributed by atoms with Gasteiger partial charge in [-0.3, -0.25) is 4.79 Å². The molecule has 1 saturated carbocycles. The molecule has 0 spiro atoms. The summed E-state index contributed by atoms with van der Waals surface area (Å²) in [7, 11) is 0. The van der Waals surface area contributed by atoms with Gasteiger partial charge in [-0.05, 0) is 38.0 Å². The number of amides is 1. The van der Waals surface area contributed by atoms with E-state index in [9.17, 15) is 9.59 Å². The van der Waals surface area contributed by atoms with E-state index in [1.54, 1.807) is 6.07 Å². The van der Waals surface area contributed by atoms with E-state index >= 15 is 0 Å². The first-order chi connectivity index (χ1) is 8.97. The Bertz CT molecular complexity index is 515. The van der Waals surface area contributed by atoms with E-state index in [-0.39, 0.29) is 22.5 Å². The normalized spacial score (nSPS) is 15.7. The SMILES string of the molecule is CC(OC(=O)c1ccc(N)cc1Cl)C(=O)NC1CC1. The van der Waals surface area contributed by atoms with Crippen LogP contribution in [-0.2, 0) is 9.53 Å². The Balaban J connectivity index is 1.97. The van der Waals surface area contributed by atoms with E-state index in [0.717, 1.165) is 12.8 Å². The molecule has 0 bridgehead atoms. The van der Waals surface area contributed by atoms with Crippen LogP contribution in [0.2, 0.25) is 5.02 Å². The second-order valence-electron chi connectivity index (χ2n) is 4.57. The highest BCUT2D eigenvalue weighted by atomic mass is 35.5. The minimum atomic E-state index is -0.846. The number of hydrogen-bond acceptors (Lipinski definition) is 4. The smallest absolute Gasteiger partial charge is 0.340 e. The van der Waals surface area contributed by atoms with Crippen LogP contribution in [0.15, 0.2) is 18.2 Å². The van der Waals surface area contributed by atoms with Gasteiger partial charge in [0.1, 0.15) is 0 Å². The highest BCUT2D eigenvalue weighted by molar-refractivity contribution is 6.33. The van der Waals surface area contributed by atoms with Crippen LogP contribution in [0, 0.1) is 0 Å². The Morgan fingerprint density at radius 1 is 1.47 bits per heavy atom. The van der Waals surface area contributed by atoms with Gasteiger partial charge in [0.25, 0.3) is 5.91 Å². The van der Waals surface area contributed by atoms with Gasteiger partial charge >= 0.3 is 5.97 Å². The van der Waals surface area contributed by atoms with Crippen molar-refractivity contribution < 1.29 is 14.3 Å². The van der Waals surface area contributed by atoms with Crippen LogP contribution < -0.4 is 11.1 Å². The van der Waals surface area contributed by atoms with Crippen molar-refractivity contribution in [2.24, 2.45) is 0 Å². The average molecular weight is 283 g/mol. The quantitative estimate of drug-likeness (QED) is 0.651. The predicted molar refractivity (Wildman–Crippen MR) is 71.9 cm³/mol. The van der Waals surface area contributed by atoms with Crippen LogP contribution in [0.4, 0.5) is 5.69 Å². The molecular formula is C13H15ClN2O3. The number of halogens is 1. The molecule has 1 fully saturated rings. The highest BCUT2D eigenvalue weighted by Crippen LogP contribution is 2.21. The van der Waals surface area contributed by atoms with Crippen LogP contribution in [-0.4, -0.2) is 24.0 Å². The number of nitrogens with two attached hydrogens (primary N) is 1. The summed E-state index contributed by atoms with van der Waals surface area (Å²) >= 11 is 5.90. The van der Waals surface area contributed by atoms with Gasteiger partial charge in [-0.15, -0.1) is 0 Å². The monoisotopic (exact) mass is 282 g/mol. The summed E-state index contributed by atoms with van der Waals surface area (Å²) in [6, 6.07) is 4.73. The predicted octanol–water partition coefficient (Wildman–Crippen LogP) is 1.75. The average Bonchev–Trinajstić information content (AvgIpc) is 3.12. The molecule has 0 heterocycles. The fourth-order valence-corrected chi connectivity index (χ4v) is 1.79. The van der Waals surface area contributed by atoms with Crippen LogP contribution in [0.3, 0.4) is 0 Å². The van der Waals surface area contributed by atoms with E-state index in [2.05, 4.69) is 5.32 Å². The summed E-state index contributed by atoms with van der Waals surface area (Å²) in [6.45, 7) is 1.53. The molecule has 0 saturated heterocycles. The number of carbonyl (C=O) groups excluding carboxylic acids is 2. The van der Waals surface area contributed by atoms with Gasteiger partial charge in [0.15, 0.2) is 6.10 Å². The van der Waals surface area contributed by atoms with Crippen LogP contribution in [0.1, 0.15) is 30.1 Å². The molecule has 1 amide bonds. The fourth-order valence-electron chi connectivity index (χ4n) is 1.52. The zero-order valence-electron chi connectivity index (χ0n) is 10.5. The van der Waals surface area contributed by atoms with Gasteiger partial charge in [0.05, 0.1) is 10.6 Å². The van der Waals surface area contributed by atoms with Crippen LogP contribution >= 0.6 is 11.6 Å². The lowest BCUT2D eigenvalue weighted by Gasteiger charge is -2.13. The van der Waals surface area contributed by atoms with Gasteiger partial charge in [-0.2, -0.15) is 0 Å². The van der Waals surface area contributed by atoms with Crippen molar-refractivity contribution in [3.63, 3.8) is 0 Å². The maximum absolute atomic E-state index is 11.9. The van der Waals surface area contributed by atoms with Crippen molar-refractivity contribution >= 4 is 29.2 Å². The molecule has 6 heteroatoms. The van der Waals surface area contributed by atoms with Crippen molar-refractivity contribution in [2.45, 2.75) is 31.9 Å². The third-order valence-corrected chi connectivity index (χ3v) is 3.10. The standard InChI is InChI=1S/C13H15ClN2O3/c1-7(12(17)16-9-3-4-9)19-13(18)10-5-2-8(15)6-11(10)14/h2,5-7,9H,3-4,15H2,1H3,(H,16,17). The fraction of sp³-hybridized carbons (Fsp3) is 0.385. The van der Waals surface area contributed by atoms with Gasteiger partial charge < -0.3 is 15.8 Å². The number of benzene rings is 1. The van der Waals surface area contributed by atoms with E-state index in [4.69, 9.17) is 22.1 Å². The van der Waals surface area contributed by atoms with E-state index in [0.29, 0.717) is 5.69 Å². The first-order valence-electron chi connectivity index (χ1n) is 6.03. The van der Waals surface area contributed by atoms with E-state index < -0.39 is 12.1 Å². The molecule has 1 aliphatic carbocycles. The Hall–Kier alpha value is -1.75. The van der Waals surface area contributed by atoms with Crippen LogP contribution in [0.25, 0.3) is 0 Å². The van der Waals surface area contributed by atoms with E-state index in [1.807, 2.05) is 0 Å². The first kappa shape index (κ1) is 13.7. The molecule has 0 aliphatic heterocycles. The zero-order chi connectivity index (χ0) is 14.0. The molecule has 5 nitrogen and oxygen atoms in total. The Labute approximate surface area is 116 Å². The lowest BCUT2D eigenvalue weighted by Crippen LogP contribution is -2.37. The van der Waals surface area contributed by atoms with Crippen molar-refractivity contribution in [1.82, 2.24) is 5.32 Å². The largest absolute Gasteiger partial charge is 0.449 e. The van der Waals surface area contributed by atoms with Gasteiger partial charge in [-0.1, -0.05) is 11.6 Å². The molecule has 102 valence electrons. The summed E-state index contributed by atoms with van der Waals surface area (Å²) in [5.41, 5.74) is 6.19. The molecule has 0 aromatic heterocycles. The molecule has 1 atom stereocenters. The minimum absolute atomic E-state index is 0.196. The third-order valence-electron chi connectivity index (χ3n) is 2.79. The Morgan fingerprint density at radius 2 is 2.16 bits per heavy atom. The number of rotatable bonds is 4.